The van der Waals surface area contributed by atoms with Gasteiger partial charge in [-0.15, -0.1) is 5.59 Å². The Bertz CT molecular complexity index is 979. The smallest absolute Gasteiger partial charge is 0.119 e. The first-order valence-electron chi connectivity index (χ1n) is 11.3. The molecular formula is C26H31ClN4O2. The van der Waals surface area contributed by atoms with Crippen LogP contribution in [0.25, 0.3) is 0 Å². The molecule has 1 atom stereocenters. The van der Waals surface area contributed by atoms with Crippen LogP contribution in [0, 0.1) is 0 Å². The highest BCUT2D eigenvalue weighted by molar-refractivity contribution is 6.30. The van der Waals surface area contributed by atoms with Gasteiger partial charge in [-0.2, -0.15) is 0 Å². The lowest BCUT2D eigenvalue weighted by atomic mass is 9.96. The molecular weight excluding hydrogens is 436 g/mol. The molecule has 4 rings (SSSR count). The number of piperazine rings is 1. The van der Waals surface area contributed by atoms with Crippen LogP contribution in [-0.4, -0.2) is 54.3 Å². The minimum Gasteiger partial charge on any atom is -0.492 e. The monoisotopic (exact) mass is 466 g/mol. The van der Waals surface area contributed by atoms with E-state index in [0.29, 0.717) is 13.2 Å². The Morgan fingerprint density at radius 3 is 2.33 bits per heavy atom. The number of hydrogen-bond donors (Lipinski definition) is 3. The summed E-state index contributed by atoms with van der Waals surface area (Å²) >= 11 is 6.14. The third-order valence-electron chi connectivity index (χ3n) is 6.02. The maximum atomic E-state index is 8.67. The van der Waals surface area contributed by atoms with Crippen LogP contribution in [-0.2, 0) is 6.54 Å². The van der Waals surface area contributed by atoms with E-state index in [1.54, 1.807) is 0 Å². The van der Waals surface area contributed by atoms with Crippen molar-refractivity contribution in [3.8, 4) is 5.75 Å². The lowest BCUT2D eigenvalue weighted by Gasteiger charge is -2.39. The van der Waals surface area contributed by atoms with Crippen LogP contribution in [0.4, 0.5) is 0 Å². The molecule has 0 unspecified atom stereocenters. The summed E-state index contributed by atoms with van der Waals surface area (Å²) in [6.07, 6.45) is 0. The number of benzene rings is 3. The maximum absolute atomic E-state index is 8.67. The molecule has 0 aromatic heterocycles. The summed E-state index contributed by atoms with van der Waals surface area (Å²) in [7, 11) is 0. The molecule has 1 aliphatic heterocycles. The molecule has 0 bridgehead atoms. The lowest BCUT2D eigenvalue weighted by Crippen LogP contribution is -2.48. The van der Waals surface area contributed by atoms with Crippen LogP contribution in [0.15, 0.2) is 78.9 Å². The van der Waals surface area contributed by atoms with Gasteiger partial charge in [0.2, 0.25) is 0 Å². The second kappa shape index (κ2) is 12.1. The standard InChI is InChI=1S/C26H31ClN4O2/c27-24-11-9-23(10-12-24)26(22-6-2-1-3-7-22)31-15-13-30(14-16-31)17-18-33-25-8-4-5-21(19-25)20-28-29-32/h1-12,19,26,28-29,32H,13-18,20H2/t26-/m1/s1. The molecule has 1 saturated heterocycles. The number of hydrogen-bond acceptors (Lipinski definition) is 6. The van der Waals surface area contributed by atoms with E-state index in [1.165, 1.54) is 11.1 Å². The Morgan fingerprint density at radius 2 is 1.61 bits per heavy atom. The minimum atomic E-state index is 0.228. The van der Waals surface area contributed by atoms with Crippen molar-refractivity contribution in [3.05, 3.63) is 101 Å². The quantitative estimate of drug-likeness (QED) is 0.391. The fourth-order valence-corrected chi connectivity index (χ4v) is 4.45. The molecule has 0 aliphatic carbocycles. The van der Waals surface area contributed by atoms with E-state index in [4.69, 9.17) is 21.5 Å². The first kappa shape index (κ1) is 23.7. The van der Waals surface area contributed by atoms with E-state index >= 15 is 0 Å². The summed E-state index contributed by atoms with van der Waals surface area (Å²) in [5.41, 5.74) is 8.24. The number of ether oxygens (including phenoxy) is 1. The maximum Gasteiger partial charge on any atom is 0.119 e. The summed E-state index contributed by atoms with van der Waals surface area (Å²) in [4.78, 5) is 5.02. The number of nitrogens with one attached hydrogen (secondary N) is 2. The molecule has 3 N–H and O–H groups in total. The Balaban J connectivity index is 1.31. The van der Waals surface area contributed by atoms with Crippen LogP contribution >= 0.6 is 11.6 Å². The van der Waals surface area contributed by atoms with Crippen molar-refractivity contribution in [2.45, 2.75) is 12.6 Å². The normalized spacial score (nSPS) is 15.9. The average molecular weight is 467 g/mol. The van der Waals surface area contributed by atoms with Gasteiger partial charge in [0.1, 0.15) is 12.4 Å². The molecule has 33 heavy (non-hydrogen) atoms. The zero-order chi connectivity index (χ0) is 22.9. The van der Waals surface area contributed by atoms with Gasteiger partial charge in [0.05, 0.1) is 6.04 Å². The topological polar surface area (TPSA) is 60.0 Å². The number of nitrogens with zero attached hydrogens (tertiary/aromatic N) is 2. The van der Waals surface area contributed by atoms with Gasteiger partial charge in [-0.1, -0.05) is 66.2 Å². The summed E-state index contributed by atoms with van der Waals surface area (Å²) in [5.74, 6) is 0.845. The van der Waals surface area contributed by atoms with Crippen molar-refractivity contribution >= 4 is 11.6 Å². The number of halogens is 1. The number of hydrazine groups is 1. The van der Waals surface area contributed by atoms with Gasteiger partial charge in [0.25, 0.3) is 0 Å². The fraction of sp³-hybridized carbons (Fsp3) is 0.308. The van der Waals surface area contributed by atoms with Crippen LogP contribution in [0.3, 0.4) is 0 Å². The van der Waals surface area contributed by atoms with Gasteiger partial charge in [-0.05, 0) is 41.0 Å². The summed E-state index contributed by atoms with van der Waals surface area (Å²) in [5, 5.41) is 9.44. The van der Waals surface area contributed by atoms with Gasteiger partial charge in [0.15, 0.2) is 0 Å². The van der Waals surface area contributed by atoms with E-state index in [0.717, 1.165) is 49.1 Å². The summed E-state index contributed by atoms with van der Waals surface area (Å²) in [6.45, 7) is 6.07. The Hall–Kier alpha value is -2.45. The highest BCUT2D eigenvalue weighted by Crippen LogP contribution is 2.30. The van der Waals surface area contributed by atoms with E-state index in [-0.39, 0.29) is 6.04 Å². The zero-order valence-electron chi connectivity index (χ0n) is 18.7. The molecule has 1 aliphatic rings. The van der Waals surface area contributed by atoms with Crippen molar-refractivity contribution < 1.29 is 9.94 Å². The Morgan fingerprint density at radius 1 is 0.879 bits per heavy atom. The molecule has 0 radical (unpaired) electrons. The highest BCUT2D eigenvalue weighted by atomic mass is 35.5. The van der Waals surface area contributed by atoms with E-state index in [1.807, 2.05) is 42.0 Å². The van der Waals surface area contributed by atoms with Crippen molar-refractivity contribution in [2.75, 3.05) is 39.3 Å². The average Bonchev–Trinajstić information content (AvgIpc) is 2.86. The summed E-state index contributed by atoms with van der Waals surface area (Å²) in [6, 6.07) is 27.1. The van der Waals surface area contributed by atoms with Crippen molar-refractivity contribution in [3.63, 3.8) is 0 Å². The molecule has 174 valence electrons. The minimum absolute atomic E-state index is 0.228. The van der Waals surface area contributed by atoms with Crippen LogP contribution in [0.2, 0.25) is 5.02 Å². The van der Waals surface area contributed by atoms with E-state index < -0.39 is 0 Å². The predicted molar refractivity (Wildman–Crippen MR) is 131 cm³/mol. The van der Waals surface area contributed by atoms with Gasteiger partial charge in [-0.3, -0.25) is 9.80 Å². The fourth-order valence-electron chi connectivity index (χ4n) is 4.32. The van der Waals surface area contributed by atoms with Gasteiger partial charge >= 0.3 is 0 Å². The molecule has 1 fully saturated rings. The Kier molecular flexibility index (Phi) is 8.72. The molecule has 6 nitrogen and oxygen atoms in total. The van der Waals surface area contributed by atoms with Gasteiger partial charge in [-0.25, -0.2) is 5.43 Å². The lowest BCUT2D eigenvalue weighted by molar-refractivity contribution is 0.0977. The first-order chi connectivity index (χ1) is 16.2. The molecule has 3 aromatic rings. The molecule has 0 saturated carbocycles. The third kappa shape index (κ3) is 6.77. The summed E-state index contributed by atoms with van der Waals surface area (Å²) < 4.78 is 5.98. The van der Waals surface area contributed by atoms with E-state index in [9.17, 15) is 0 Å². The van der Waals surface area contributed by atoms with Crippen LogP contribution < -0.4 is 15.8 Å². The molecule has 0 spiro atoms. The Labute approximate surface area is 200 Å². The molecule has 0 amide bonds. The number of rotatable bonds is 10. The van der Waals surface area contributed by atoms with Crippen LogP contribution in [0.5, 0.6) is 5.75 Å². The van der Waals surface area contributed by atoms with Crippen LogP contribution in [0.1, 0.15) is 22.7 Å². The zero-order valence-corrected chi connectivity index (χ0v) is 19.4. The SMILES string of the molecule is ONNCc1cccc(OCCN2CCN([C@H](c3ccccc3)c3ccc(Cl)cc3)CC2)c1. The van der Waals surface area contributed by atoms with Crippen molar-refractivity contribution in [1.29, 1.82) is 0 Å². The second-order valence-electron chi connectivity index (χ2n) is 8.20. The van der Waals surface area contributed by atoms with Gasteiger partial charge in [0, 0.05) is 44.3 Å². The predicted octanol–water partition coefficient (Wildman–Crippen LogP) is 4.11. The second-order valence-corrected chi connectivity index (χ2v) is 8.64. The van der Waals surface area contributed by atoms with Crippen molar-refractivity contribution in [1.82, 2.24) is 20.8 Å². The van der Waals surface area contributed by atoms with Gasteiger partial charge < -0.3 is 9.94 Å². The first-order valence-corrected chi connectivity index (χ1v) is 11.7. The third-order valence-corrected chi connectivity index (χ3v) is 6.27. The molecule has 3 aromatic carbocycles. The molecule has 7 heteroatoms. The van der Waals surface area contributed by atoms with E-state index in [2.05, 4.69) is 57.7 Å². The van der Waals surface area contributed by atoms with Crippen molar-refractivity contribution in [2.24, 2.45) is 0 Å². The largest absolute Gasteiger partial charge is 0.492 e. The highest BCUT2D eigenvalue weighted by Gasteiger charge is 2.26. The molecule has 1 heterocycles.